The van der Waals surface area contributed by atoms with Gasteiger partial charge in [0.2, 0.25) is 0 Å². The van der Waals surface area contributed by atoms with Crippen molar-refractivity contribution >= 4 is 11.8 Å². The van der Waals surface area contributed by atoms with E-state index in [1.54, 1.807) is 38.3 Å². The number of hydrogen-bond acceptors (Lipinski definition) is 4. The molecule has 21 heavy (non-hydrogen) atoms. The van der Waals surface area contributed by atoms with E-state index in [1.165, 1.54) is 11.6 Å². The molecule has 110 valence electrons. The Hall–Kier alpha value is -2.63. The van der Waals surface area contributed by atoms with Crippen LogP contribution in [0, 0.1) is 0 Å². The summed E-state index contributed by atoms with van der Waals surface area (Å²) in [4.78, 5) is 23.2. The molecule has 0 spiro atoms. The Bertz CT molecular complexity index is 686. The fraction of sp³-hybridized carbons (Fsp3) is 0.267. The molecule has 0 amide bonds. The third-order valence-corrected chi connectivity index (χ3v) is 3.19. The van der Waals surface area contributed by atoms with Crippen molar-refractivity contribution in [3.05, 3.63) is 41.2 Å². The lowest BCUT2D eigenvalue weighted by Crippen LogP contribution is -2.07. The van der Waals surface area contributed by atoms with Crippen LogP contribution in [-0.4, -0.2) is 33.7 Å². The van der Waals surface area contributed by atoms with Crippen molar-refractivity contribution < 1.29 is 19.4 Å². The molecule has 0 unspecified atom stereocenters. The quantitative estimate of drug-likeness (QED) is 0.854. The predicted octanol–water partition coefficient (Wildman–Crippen LogP) is 2.34. The summed E-state index contributed by atoms with van der Waals surface area (Å²) in [5, 5.41) is 13.3. The van der Waals surface area contributed by atoms with Crippen molar-refractivity contribution in [1.82, 2.24) is 9.78 Å². The first kappa shape index (κ1) is 14.8. The van der Waals surface area contributed by atoms with Gasteiger partial charge in [0.15, 0.2) is 11.5 Å². The Labute approximate surface area is 122 Å². The molecule has 0 atom stereocenters. The molecule has 1 heterocycles. The fourth-order valence-corrected chi connectivity index (χ4v) is 2.23. The number of benzene rings is 1. The van der Waals surface area contributed by atoms with Gasteiger partial charge in [-0.1, -0.05) is 6.92 Å². The van der Waals surface area contributed by atoms with Crippen molar-refractivity contribution in [2.45, 2.75) is 20.3 Å². The van der Waals surface area contributed by atoms with Crippen LogP contribution in [0.2, 0.25) is 0 Å². The molecule has 2 rings (SSSR count). The number of ether oxygens (including phenoxy) is 1. The number of carboxylic acid groups (broad SMARTS) is 1. The van der Waals surface area contributed by atoms with Crippen LogP contribution in [0.4, 0.5) is 0 Å². The first-order chi connectivity index (χ1) is 9.99. The minimum atomic E-state index is -1.14. The molecule has 0 aliphatic carbocycles. The Balaban J connectivity index is 2.66. The minimum Gasteiger partial charge on any atom is -0.497 e. The normalized spacial score (nSPS) is 10.4. The number of carbonyl (C=O) groups excluding carboxylic acids is 1. The van der Waals surface area contributed by atoms with Crippen LogP contribution < -0.4 is 4.74 Å². The molecule has 1 aromatic heterocycles. The van der Waals surface area contributed by atoms with Crippen LogP contribution in [0.5, 0.6) is 5.75 Å². The number of Topliss-reactive ketones (excluding diaryl/α,β-unsaturated/α-hetero) is 1. The van der Waals surface area contributed by atoms with Gasteiger partial charge in [0, 0.05) is 12.5 Å². The second-order valence-corrected chi connectivity index (χ2v) is 4.50. The maximum absolute atomic E-state index is 11.9. The molecule has 6 nitrogen and oxygen atoms in total. The van der Waals surface area contributed by atoms with Gasteiger partial charge in [-0.05, 0) is 30.7 Å². The lowest BCUT2D eigenvalue weighted by Gasteiger charge is -2.07. The first-order valence-corrected chi connectivity index (χ1v) is 6.50. The molecule has 0 saturated heterocycles. The van der Waals surface area contributed by atoms with Gasteiger partial charge in [-0.2, -0.15) is 5.10 Å². The molecule has 0 aliphatic heterocycles. The van der Waals surface area contributed by atoms with Gasteiger partial charge in [0.1, 0.15) is 11.4 Å². The molecular weight excluding hydrogens is 272 g/mol. The Morgan fingerprint density at radius 3 is 2.33 bits per heavy atom. The number of rotatable bonds is 5. The summed E-state index contributed by atoms with van der Waals surface area (Å²) in [6.07, 6.45) is 0.423. The SMILES string of the molecule is CCc1c(C(=O)O)nn(-c2ccc(OC)cc2)c1C(C)=O. The second kappa shape index (κ2) is 5.78. The zero-order valence-corrected chi connectivity index (χ0v) is 12.1. The summed E-state index contributed by atoms with van der Waals surface area (Å²) in [5.74, 6) is -0.686. The molecule has 0 fully saturated rings. The number of hydrogen-bond donors (Lipinski definition) is 1. The highest BCUT2D eigenvalue weighted by Gasteiger charge is 2.24. The summed E-state index contributed by atoms with van der Waals surface area (Å²) in [6, 6.07) is 6.91. The molecule has 0 radical (unpaired) electrons. The van der Waals surface area contributed by atoms with Gasteiger partial charge in [-0.25, -0.2) is 9.48 Å². The molecule has 1 aromatic carbocycles. The van der Waals surface area contributed by atoms with Crippen molar-refractivity contribution in [1.29, 1.82) is 0 Å². The molecule has 0 aliphatic rings. The smallest absolute Gasteiger partial charge is 0.356 e. The zero-order chi connectivity index (χ0) is 15.6. The van der Waals surface area contributed by atoms with Gasteiger partial charge in [-0.15, -0.1) is 0 Å². The Kier molecular flexibility index (Phi) is 4.07. The van der Waals surface area contributed by atoms with Crippen LogP contribution in [0.25, 0.3) is 5.69 Å². The van der Waals surface area contributed by atoms with Crippen molar-refractivity contribution in [2.75, 3.05) is 7.11 Å². The number of ketones is 1. The Morgan fingerprint density at radius 1 is 1.29 bits per heavy atom. The molecular formula is C15H16N2O4. The number of aromatic carboxylic acids is 1. The van der Waals surface area contributed by atoms with Crippen LogP contribution in [0.1, 0.15) is 40.4 Å². The second-order valence-electron chi connectivity index (χ2n) is 4.50. The number of methoxy groups -OCH3 is 1. The van der Waals surface area contributed by atoms with E-state index in [-0.39, 0.29) is 11.5 Å². The highest BCUT2D eigenvalue weighted by Crippen LogP contribution is 2.22. The van der Waals surface area contributed by atoms with E-state index in [0.717, 1.165) is 0 Å². The monoisotopic (exact) mass is 288 g/mol. The summed E-state index contributed by atoms with van der Waals surface area (Å²) < 4.78 is 6.46. The highest BCUT2D eigenvalue weighted by atomic mass is 16.5. The van der Waals surface area contributed by atoms with E-state index in [2.05, 4.69) is 5.10 Å². The predicted molar refractivity (Wildman–Crippen MR) is 76.5 cm³/mol. The highest BCUT2D eigenvalue weighted by molar-refractivity contribution is 5.98. The van der Waals surface area contributed by atoms with Crippen LogP contribution in [0.3, 0.4) is 0 Å². The van der Waals surface area contributed by atoms with E-state index in [0.29, 0.717) is 29.1 Å². The summed E-state index contributed by atoms with van der Waals surface area (Å²) in [6.45, 7) is 3.20. The summed E-state index contributed by atoms with van der Waals surface area (Å²) >= 11 is 0. The van der Waals surface area contributed by atoms with E-state index in [1.807, 2.05) is 0 Å². The number of nitrogens with zero attached hydrogens (tertiary/aromatic N) is 2. The van der Waals surface area contributed by atoms with Crippen molar-refractivity contribution in [3.8, 4) is 11.4 Å². The van der Waals surface area contributed by atoms with Gasteiger partial charge < -0.3 is 9.84 Å². The standard InChI is InChI=1S/C15H16N2O4/c1-4-12-13(15(19)20)16-17(14(12)9(2)18)10-5-7-11(21-3)8-6-10/h5-8H,4H2,1-3H3,(H,19,20). The van der Waals surface area contributed by atoms with Crippen molar-refractivity contribution in [2.24, 2.45) is 0 Å². The maximum atomic E-state index is 11.9. The van der Waals surface area contributed by atoms with Crippen LogP contribution >= 0.6 is 0 Å². The molecule has 2 aromatic rings. The van der Waals surface area contributed by atoms with Crippen LogP contribution in [0.15, 0.2) is 24.3 Å². The zero-order valence-electron chi connectivity index (χ0n) is 12.1. The number of aromatic nitrogens is 2. The molecule has 6 heteroatoms. The Morgan fingerprint density at radius 2 is 1.90 bits per heavy atom. The molecule has 1 N–H and O–H groups in total. The topological polar surface area (TPSA) is 81.4 Å². The summed E-state index contributed by atoms with van der Waals surface area (Å²) in [5.41, 5.74) is 1.28. The first-order valence-electron chi connectivity index (χ1n) is 6.50. The van der Waals surface area contributed by atoms with Gasteiger partial charge in [0.05, 0.1) is 12.8 Å². The van der Waals surface area contributed by atoms with E-state index in [4.69, 9.17) is 4.74 Å². The number of carbonyl (C=O) groups is 2. The van der Waals surface area contributed by atoms with Crippen LogP contribution in [-0.2, 0) is 6.42 Å². The van der Waals surface area contributed by atoms with E-state index >= 15 is 0 Å². The maximum Gasteiger partial charge on any atom is 0.356 e. The van der Waals surface area contributed by atoms with Gasteiger partial charge >= 0.3 is 5.97 Å². The third-order valence-electron chi connectivity index (χ3n) is 3.19. The van der Waals surface area contributed by atoms with E-state index < -0.39 is 5.97 Å². The largest absolute Gasteiger partial charge is 0.497 e. The third kappa shape index (κ3) is 2.65. The molecule has 0 saturated carbocycles. The van der Waals surface area contributed by atoms with Gasteiger partial charge in [0.25, 0.3) is 0 Å². The average Bonchev–Trinajstić information content (AvgIpc) is 2.87. The number of carboxylic acids is 1. The minimum absolute atomic E-state index is 0.0847. The average molecular weight is 288 g/mol. The summed E-state index contributed by atoms with van der Waals surface area (Å²) in [7, 11) is 1.56. The lowest BCUT2D eigenvalue weighted by molar-refractivity contribution is 0.0688. The molecule has 0 bridgehead atoms. The fourth-order valence-electron chi connectivity index (χ4n) is 2.23. The lowest BCUT2D eigenvalue weighted by atomic mass is 10.1. The van der Waals surface area contributed by atoms with Gasteiger partial charge in [-0.3, -0.25) is 4.79 Å². The van der Waals surface area contributed by atoms with E-state index in [9.17, 15) is 14.7 Å². The van der Waals surface area contributed by atoms with Crippen molar-refractivity contribution in [3.63, 3.8) is 0 Å².